The van der Waals surface area contributed by atoms with Crippen LogP contribution in [-0.4, -0.2) is 21.3 Å². The molecule has 0 aliphatic heterocycles. The van der Waals surface area contributed by atoms with Gasteiger partial charge in [0.2, 0.25) is 0 Å². The van der Waals surface area contributed by atoms with E-state index in [1.807, 2.05) is 24.6 Å². The van der Waals surface area contributed by atoms with Crippen molar-refractivity contribution in [3.63, 3.8) is 0 Å². The fraction of sp³-hybridized carbons (Fsp3) is 0.429. The van der Waals surface area contributed by atoms with Crippen molar-refractivity contribution < 1.29 is 4.39 Å². The van der Waals surface area contributed by atoms with Crippen molar-refractivity contribution in [2.75, 3.05) is 6.54 Å². The number of benzene rings is 1. The second-order valence-electron chi connectivity index (χ2n) is 4.45. The molecular formula is C14H18BrFN4. The Morgan fingerprint density at radius 1 is 1.40 bits per heavy atom. The lowest BCUT2D eigenvalue weighted by Crippen LogP contribution is -2.25. The molecule has 1 aromatic carbocycles. The molecule has 0 radical (unpaired) electrons. The molecule has 20 heavy (non-hydrogen) atoms. The van der Waals surface area contributed by atoms with E-state index in [2.05, 4.69) is 31.3 Å². The summed E-state index contributed by atoms with van der Waals surface area (Å²) in [6.45, 7) is 5.54. The number of nitrogens with zero attached hydrogens (tertiary/aromatic N) is 3. The summed E-state index contributed by atoms with van der Waals surface area (Å²) >= 11 is 3.24. The normalized spacial score (nSPS) is 12.6. The number of hydrogen-bond acceptors (Lipinski definition) is 3. The molecular weight excluding hydrogens is 323 g/mol. The first-order valence-electron chi connectivity index (χ1n) is 6.71. The third-order valence-corrected chi connectivity index (χ3v) is 3.80. The van der Waals surface area contributed by atoms with Crippen molar-refractivity contribution in [3.8, 4) is 0 Å². The van der Waals surface area contributed by atoms with E-state index in [4.69, 9.17) is 0 Å². The van der Waals surface area contributed by atoms with Crippen LogP contribution in [0.4, 0.5) is 4.39 Å². The van der Waals surface area contributed by atoms with Crippen molar-refractivity contribution in [3.05, 3.63) is 46.2 Å². The number of aryl methyl sites for hydroxylation is 1. The van der Waals surface area contributed by atoms with E-state index in [0.29, 0.717) is 16.5 Å². The molecule has 2 aromatic rings. The van der Waals surface area contributed by atoms with Crippen LogP contribution >= 0.6 is 15.9 Å². The zero-order valence-electron chi connectivity index (χ0n) is 11.6. The molecule has 1 aromatic heterocycles. The monoisotopic (exact) mass is 340 g/mol. The molecule has 0 spiro atoms. The van der Waals surface area contributed by atoms with Gasteiger partial charge in [-0.3, -0.25) is 4.68 Å². The van der Waals surface area contributed by atoms with Gasteiger partial charge in [-0.1, -0.05) is 19.1 Å². The minimum atomic E-state index is -0.221. The number of rotatable bonds is 6. The summed E-state index contributed by atoms with van der Waals surface area (Å²) in [6, 6.07) is 5.24. The Bertz CT molecular complexity index is 570. The van der Waals surface area contributed by atoms with Crippen molar-refractivity contribution in [2.45, 2.75) is 32.9 Å². The molecule has 108 valence electrons. The smallest absolute Gasteiger partial charge is 0.142 e. The Morgan fingerprint density at radius 2 is 2.20 bits per heavy atom. The van der Waals surface area contributed by atoms with Crippen LogP contribution in [0.25, 0.3) is 0 Å². The van der Waals surface area contributed by atoms with E-state index in [0.717, 1.165) is 18.9 Å². The van der Waals surface area contributed by atoms with E-state index < -0.39 is 0 Å². The quantitative estimate of drug-likeness (QED) is 0.878. The summed E-state index contributed by atoms with van der Waals surface area (Å²) in [5.41, 5.74) is 0.645. The maximum atomic E-state index is 14.3. The van der Waals surface area contributed by atoms with E-state index in [9.17, 15) is 4.39 Å². The molecule has 6 heteroatoms. The first-order valence-corrected chi connectivity index (χ1v) is 7.50. The minimum Gasteiger partial charge on any atom is -0.310 e. The van der Waals surface area contributed by atoms with Gasteiger partial charge >= 0.3 is 0 Å². The van der Waals surface area contributed by atoms with Crippen LogP contribution in [0.5, 0.6) is 0 Å². The lowest BCUT2D eigenvalue weighted by atomic mass is 10.0. The van der Waals surface area contributed by atoms with Crippen LogP contribution in [0.15, 0.2) is 29.0 Å². The van der Waals surface area contributed by atoms with Crippen LogP contribution in [0, 0.1) is 5.82 Å². The average Bonchev–Trinajstić information content (AvgIpc) is 2.89. The lowest BCUT2D eigenvalue weighted by molar-refractivity contribution is 0.483. The Labute approximate surface area is 126 Å². The molecule has 2 rings (SSSR count). The number of likely N-dealkylation sites (N-methyl/N-ethyl adjacent to an activating group) is 1. The van der Waals surface area contributed by atoms with Gasteiger partial charge in [-0.15, -0.1) is 0 Å². The summed E-state index contributed by atoms with van der Waals surface area (Å²) in [4.78, 5) is 4.26. The molecule has 0 saturated carbocycles. The summed E-state index contributed by atoms with van der Waals surface area (Å²) in [6.07, 6.45) is 2.15. The number of aromatic nitrogens is 3. The summed E-state index contributed by atoms with van der Waals surface area (Å²) in [7, 11) is 0. The third-order valence-electron chi connectivity index (χ3n) is 3.19. The Morgan fingerprint density at radius 3 is 2.90 bits per heavy atom. The highest BCUT2D eigenvalue weighted by atomic mass is 79.9. The van der Waals surface area contributed by atoms with E-state index in [1.54, 1.807) is 18.5 Å². The topological polar surface area (TPSA) is 42.7 Å². The predicted molar refractivity (Wildman–Crippen MR) is 79.9 cm³/mol. The minimum absolute atomic E-state index is 0.119. The zero-order chi connectivity index (χ0) is 14.5. The zero-order valence-corrected chi connectivity index (χ0v) is 13.2. The van der Waals surface area contributed by atoms with Gasteiger partial charge in [-0.2, -0.15) is 5.10 Å². The standard InChI is InChI=1S/C14H18BrFN4/c1-3-17-12(8-13-18-9-19-20(13)4-2)10-6-5-7-11(15)14(10)16/h5-7,9,12,17H,3-4,8H2,1-2H3. The van der Waals surface area contributed by atoms with Gasteiger partial charge in [-0.25, -0.2) is 9.37 Å². The average molecular weight is 341 g/mol. The van der Waals surface area contributed by atoms with E-state index in [1.165, 1.54) is 0 Å². The predicted octanol–water partition coefficient (Wildman–Crippen LogP) is 3.09. The first-order chi connectivity index (χ1) is 9.67. The molecule has 1 N–H and O–H groups in total. The van der Waals surface area contributed by atoms with Crippen molar-refractivity contribution in [2.24, 2.45) is 0 Å². The fourth-order valence-corrected chi connectivity index (χ4v) is 2.60. The third kappa shape index (κ3) is 3.24. The maximum absolute atomic E-state index is 14.3. The van der Waals surface area contributed by atoms with Crippen LogP contribution < -0.4 is 5.32 Å². The summed E-state index contributed by atoms with van der Waals surface area (Å²) < 4.78 is 16.6. The Balaban J connectivity index is 2.29. The van der Waals surface area contributed by atoms with Gasteiger partial charge in [0.05, 0.1) is 4.47 Å². The van der Waals surface area contributed by atoms with Gasteiger partial charge in [-0.05, 0) is 35.5 Å². The molecule has 1 atom stereocenters. The fourth-order valence-electron chi connectivity index (χ4n) is 2.22. The number of halogens is 2. The molecule has 1 unspecified atom stereocenters. The van der Waals surface area contributed by atoms with Crippen molar-refractivity contribution >= 4 is 15.9 Å². The second kappa shape index (κ2) is 6.95. The summed E-state index contributed by atoms with van der Waals surface area (Å²) in [5.74, 6) is 0.638. The van der Waals surface area contributed by atoms with Gasteiger partial charge < -0.3 is 5.32 Å². The Kier molecular flexibility index (Phi) is 5.25. The van der Waals surface area contributed by atoms with Crippen LogP contribution in [-0.2, 0) is 13.0 Å². The SMILES string of the molecule is CCNC(Cc1ncnn1CC)c1cccc(Br)c1F. The second-order valence-corrected chi connectivity index (χ2v) is 5.30. The number of hydrogen-bond donors (Lipinski definition) is 1. The maximum Gasteiger partial charge on any atom is 0.142 e. The van der Waals surface area contributed by atoms with Gasteiger partial charge in [0.15, 0.2) is 0 Å². The molecule has 0 amide bonds. The van der Waals surface area contributed by atoms with Crippen LogP contribution in [0.1, 0.15) is 31.3 Å². The molecule has 0 saturated heterocycles. The largest absolute Gasteiger partial charge is 0.310 e. The van der Waals surface area contributed by atoms with Gasteiger partial charge in [0.25, 0.3) is 0 Å². The highest BCUT2D eigenvalue weighted by molar-refractivity contribution is 9.10. The molecule has 1 heterocycles. The highest BCUT2D eigenvalue weighted by Crippen LogP contribution is 2.25. The van der Waals surface area contributed by atoms with Crippen LogP contribution in [0.3, 0.4) is 0 Å². The molecule has 4 nitrogen and oxygen atoms in total. The van der Waals surface area contributed by atoms with E-state index in [-0.39, 0.29) is 11.9 Å². The molecule has 0 aliphatic carbocycles. The Hall–Kier alpha value is -1.27. The van der Waals surface area contributed by atoms with Crippen LogP contribution in [0.2, 0.25) is 0 Å². The van der Waals surface area contributed by atoms with Gasteiger partial charge in [0, 0.05) is 24.6 Å². The van der Waals surface area contributed by atoms with Crippen molar-refractivity contribution in [1.29, 1.82) is 0 Å². The molecule has 0 bridgehead atoms. The molecule has 0 fully saturated rings. The summed E-state index contributed by atoms with van der Waals surface area (Å²) in [5, 5.41) is 7.47. The number of nitrogens with one attached hydrogen (secondary N) is 1. The highest BCUT2D eigenvalue weighted by Gasteiger charge is 2.19. The van der Waals surface area contributed by atoms with Crippen molar-refractivity contribution in [1.82, 2.24) is 20.1 Å². The first kappa shape index (κ1) is 15.1. The van der Waals surface area contributed by atoms with Gasteiger partial charge in [0.1, 0.15) is 18.0 Å². The molecule has 0 aliphatic rings. The lowest BCUT2D eigenvalue weighted by Gasteiger charge is -2.19. The van der Waals surface area contributed by atoms with E-state index >= 15 is 0 Å².